The molecule has 1 aliphatic rings. The number of benzene rings is 2. The minimum atomic E-state index is -4.13. The SMILES string of the molecule is Cc1ccc2c(c1S(=O)(=O)Cl)C(=O)c1ccccc1C2=O. The van der Waals surface area contributed by atoms with Gasteiger partial charge in [-0.15, -0.1) is 0 Å². The molecule has 0 fully saturated rings. The van der Waals surface area contributed by atoms with Gasteiger partial charge in [0.2, 0.25) is 0 Å². The molecule has 2 aromatic rings. The molecule has 0 aliphatic heterocycles. The van der Waals surface area contributed by atoms with Gasteiger partial charge < -0.3 is 0 Å². The Balaban J connectivity index is 2.45. The predicted octanol–water partition coefficient (Wildman–Crippen LogP) is 2.70. The molecular formula is C15H9ClO4S. The summed E-state index contributed by atoms with van der Waals surface area (Å²) in [7, 11) is 1.31. The van der Waals surface area contributed by atoms with E-state index >= 15 is 0 Å². The molecule has 0 saturated heterocycles. The van der Waals surface area contributed by atoms with E-state index in [1.54, 1.807) is 18.2 Å². The molecule has 21 heavy (non-hydrogen) atoms. The van der Waals surface area contributed by atoms with Crippen molar-refractivity contribution < 1.29 is 18.0 Å². The van der Waals surface area contributed by atoms with Crippen molar-refractivity contribution >= 4 is 31.3 Å². The highest BCUT2D eigenvalue weighted by molar-refractivity contribution is 8.13. The van der Waals surface area contributed by atoms with Gasteiger partial charge in [0.05, 0.1) is 10.5 Å². The third-order valence-corrected chi connectivity index (χ3v) is 4.96. The molecule has 0 unspecified atom stereocenters. The molecule has 2 aromatic carbocycles. The molecule has 0 heterocycles. The van der Waals surface area contributed by atoms with E-state index in [0.717, 1.165) is 0 Å². The highest BCUT2D eigenvalue weighted by Gasteiger charge is 2.35. The molecule has 0 aromatic heterocycles. The maximum atomic E-state index is 12.6. The molecule has 1 aliphatic carbocycles. The van der Waals surface area contributed by atoms with Crippen LogP contribution < -0.4 is 0 Å². The van der Waals surface area contributed by atoms with Crippen molar-refractivity contribution in [3.05, 3.63) is 64.2 Å². The Morgan fingerprint density at radius 2 is 1.43 bits per heavy atom. The quantitative estimate of drug-likeness (QED) is 0.646. The summed E-state index contributed by atoms with van der Waals surface area (Å²) in [5.74, 6) is -0.870. The fourth-order valence-corrected chi connectivity index (χ4v) is 4.07. The number of hydrogen-bond donors (Lipinski definition) is 0. The Morgan fingerprint density at radius 3 is 2.00 bits per heavy atom. The molecule has 106 valence electrons. The number of carbonyl (C=O) groups excluding carboxylic acids is 2. The molecule has 0 radical (unpaired) electrons. The van der Waals surface area contributed by atoms with Crippen molar-refractivity contribution in [2.24, 2.45) is 0 Å². The first kappa shape index (κ1) is 14.0. The van der Waals surface area contributed by atoms with Crippen molar-refractivity contribution in [1.29, 1.82) is 0 Å². The summed E-state index contributed by atoms with van der Waals surface area (Å²) in [6.07, 6.45) is 0. The monoisotopic (exact) mass is 320 g/mol. The van der Waals surface area contributed by atoms with Crippen LogP contribution in [0.2, 0.25) is 0 Å². The Hall–Kier alpha value is -1.98. The van der Waals surface area contributed by atoms with E-state index in [2.05, 4.69) is 0 Å². The van der Waals surface area contributed by atoms with Gasteiger partial charge in [0.25, 0.3) is 9.05 Å². The zero-order valence-electron chi connectivity index (χ0n) is 10.9. The fraction of sp³-hybridized carbons (Fsp3) is 0.0667. The molecule has 0 amide bonds. The van der Waals surface area contributed by atoms with Gasteiger partial charge in [-0.25, -0.2) is 8.42 Å². The summed E-state index contributed by atoms with van der Waals surface area (Å²) in [5.41, 5.74) is 0.750. The van der Waals surface area contributed by atoms with E-state index in [9.17, 15) is 18.0 Å². The number of carbonyl (C=O) groups is 2. The van der Waals surface area contributed by atoms with Crippen LogP contribution in [0.4, 0.5) is 0 Å². The maximum absolute atomic E-state index is 12.6. The van der Waals surface area contributed by atoms with Gasteiger partial charge in [0.1, 0.15) is 0 Å². The van der Waals surface area contributed by atoms with Crippen LogP contribution >= 0.6 is 10.7 Å². The third-order valence-electron chi connectivity index (χ3n) is 3.49. The third kappa shape index (κ3) is 2.01. The van der Waals surface area contributed by atoms with Crippen molar-refractivity contribution in [3.8, 4) is 0 Å². The van der Waals surface area contributed by atoms with Crippen LogP contribution in [0.15, 0.2) is 41.3 Å². The van der Waals surface area contributed by atoms with Gasteiger partial charge in [-0.3, -0.25) is 9.59 Å². The lowest BCUT2D eigenvalue weighted by Crippen LogP contribution is -2.23. The first-order valence-corrected chi connectivity index (χ1v) is 8.40. The van der Waals surface area contributed by atoms with Crippen LogP contribution in [0.25, 0.3) is 0 Å². The molecule has 0 atom stereocenters. The van der Waals surface area contributed by atoms with Crippen molar-refractivity contribution in [3.63, 3.8) is 0 Å². The lowest BCUT2D eigenvalue weighted by atomic mass is 9.83. The van der Waals surface area contributed by atoms with Gasteiger partial charge in [0.15, 0.2) is 11.6 Å². The number of aryl methyl sites for hydroxylation is 1. The number of rotatable bonds is 1. The normalized spacial score (nSPS) is 13.8. The van der Waals surface area contributed by atoms with Gasteiger partial charge in [-0.05, 0) is 18.6 Å². The van der Waals surface area contributed by atoms with Crippen molar-refractivity contribution in [1.82, 2.24) is 0 Å². The van der Waals surface area contributed by atoms with E-state index in [1.807, 2.05) is 0 Å². The highest BCUT2D eigenvalue weighted by Crippen LogP contribution is 2.34. The number of hydrogen-bond acceptors (Lipinski definition) is 4. The van der Waals surface area contributed by atoms with Crippen LogP contribution in [0.3, 0.4) is 0 Å². The molecule has 4 nitrogen and oxygen atoms in total. The van der Waals surface area contributed by atoms with Crippen LogP contribution in [0.5, 0.6) is 0 Å². The van der Waals surface area contributed by atoms with Crippen LogP contribution in [0.1, 0.15) is 37.4 Å². The molecule has 0 bridgehead atoms. The molecule has 0 spiro atoms. The van der Waals surface area contributed by atoms with Gasteiger partial charge in [-0.2, -0.15) is 0 Å². The number of ketones is 2. The van der Waals surface area contributed by atoms with Gasteiger partial charge >= 0.3 is 0 Å². The van der Waals surface area contributed by atoms with E-state index in [-0.39, 0.29) is 32.9 Å². The lowest BCUT2D eigenvalue weighted by Gasteiger charge is -2.20. The zero-order chi connectivity index (χ0) is 15.4. The number of fused-ring (bicyclic) bond motifs is 2. The largest absolute Gasteiger partial charge is 0.289 e. The summed E-state index contributed by atoms with van der Waals surface area (Å²) in [4.78, 5) is 24.8. The fourth-order valence-electron chi connectivity index (χ4n) is 2.57. The first-order chi connectivity index (χ1) is 9.82. The maximum Gasteiger partial charge on any atom is 0.262 e. The van der Waals surface area contributed by atoms with Gasteiger partial charge in [0, 0.05) is 27.4 Å². The predicted molar refractivity (Wildman–Crippen MR) is 77.5 cm³/mol. The van der Waals surface area contributed by atoms with Crippen LogP contribution in [-0.2, 0) is 9.05 Å². The van der Waals surface area contributed by atoms with E-state index < -0.39 is 14.8 Å². The minimum Gasteiger partial charge on any atom is -0.289 e. The van der Waals surface area contributed by atoms with E-state index in [4.69, 9.17) is 10.7 Å². The average Bonchev–Trinajstić information content (AvgIpc) is 2.43. The zero-order valence-corrected chi connectivity index (χ0v) is 12.5. The summed E-state index contributed by atoms with van der Waals surface area (Å²) in [5, 5.41) is 0. The Morgan fingerprint density at radius 1 is 0.857 bits per heavy atom. The number of halogens is 1. The Labute approximate surface area is 125 Å². The van der Waals surface area contributed by atoms with E-state index in [1.165, 1.54) is 25.1 Å². The second-order valence-electron chi connectivity index (χ2n) is 4.78. The molecule has 0 saturated carbocycles. The lowest BCUT2D eigenvalue weighted by molar-refractivity contribution is 0.0976. The second kappa shape index (κ2) is 4.51. The molecule has 3 rings (SSSR count). The topological polar surface area (TPSA) is 68.3 Å². The summed E-state index contributed by atoms with van der Waals surface area (Å²) >= 11 is 0. The van der Waals surface area contributed by atoms with Gasteiger partial charge in [-0.1, -0.05) is 30.3 Å². The summed E-state index contributed by atoms with van der Waals surface area (Å²) in [6.45, 7) is 1.54. The Bertz CT molecular complexity index is 913. The molecule has 6 heteroatoms. The van der Waals surface area contributed by atoms with Crippen molar-refractivity contribution in [2.75, 3.05) is 0 Å². The van der Waals surface area contributed by atoms with E-state index in [0.29, 0.717) is 5.56 Å². The molecular weight excluding hydrogens is 312 g/mol. The minimum absolute atomic E-state index is 0.0727. The van der Waals surface area contributed by atoms with Crippen LogP contribution in [-0.4, -0.2) is 20.0 Å². The van der Waals surface area contributed by atoms with Crippen molar-refractivity contribution in [2.45, 2.75) is 11.8 Å². The summed E-state index contributed by atoms with van der Waals surface area (Å²) < 4.78 is 23.6. The summed E-state index contributed by atoms with van der Waals surface area (Å²) in [6, 6.07) is 9.28. The average molecular weight is 321 g/mol. The second-order valence-corrected chi connectivity index (χ2v) is 7.28. The van der Waals surface area contributed by atoms with Crippen LogP contribution in [0, 0.1) is 6.92 Å². The highest BCUT2D eigenvalue weighted by atomic mass is 35.7. The first-order valence-electron chi connectivity index (χ1n) is 6.09. The standard InChI is InChI=1S/C15H9ClO4S/c1-8-6-7-11-12(15(8)21(16,19)20)14(18)10-5-3-2-4-9(10)13(11)17/h2-7H,1H3. The Kier molecular flexibility index (Phi) is 3.00. The smallest absolute Gasteiger partial charge is 0.262 e. The molecule has 0 N–H and O–H groups in total.